The molecule has 0 aliphatic carbocycles. The van der Waals surface area contributed by atoms with Crippen LogP contribution in [0.1, 0.15) is 40.4 Å². The van der Waals surface area contributed by atoms with Crippen LogP contribution in [0.4, 0.5) is 0 Å². The van der Waals surface area contributed by atoms with Gasteiger partial charge in [0.2, 0.25) is 0 Å². The second-order valence-electron chi connectivity index (χ2n) is 7.45. The molecule has 1 saturated heterocycles. The molecule has 0 N–H and O–H groups in total. The van der Waals surface area contributed by atoms with Crippen molar-refractivity contribution in [1.82, 2.24) is 4.90 Å². The fourth-order valence-electron chi connectivity index (χ4n) is 3.94. The fourth-order valence-corrected chi connectivity index (χ4v) is 4.94. The molecule has 30 heavy (non-hydrogen) atoms. The quantitative estimate of drug-likeness (QED) is 0.729. The minimum absolute atomic E-state index is 0.0380. The third-order valence-electron chi connectivity index (χ3n) is 5.34. The molecule has 2 aromatic carbocycles. The topological polar surface area (TPSA) is 96.7 Å². The van der Waals surface area contributed by atoms with Crippen LogP contribution >= 0.6 is 0 Å². The second kappa shape index (κ2) is 8.36. The van der Waals surface area contributed by atoms with Gasteiger partial charge in [0.05, 0.1) is 17.9 Å². The maximum absolute atomic E-state index is 13.1. The number of benzene rings is 2. The number of hydrogen-bond donors (Lipinski definition) is 0. The maximum atomic E-state index is 13.1. The van der Waals surface area contributed by atoms with Gasteiger partial charge >= 0.3 is 0 Å². The van der Waals surface area contributed by atoms with Crippen LogP contribution in [0.3, 0.4) is 0 Å². The van der Waals surface area contributed by atoms with E-state index < -0.39 is 15.6 Å². The average molecular weight is 426 g/mol. The number of carbonyl (C=O) groups excluding carboxylic acids is 1. The average Bonchev–Trinajstić information content (AvgIpc) is 3.23. The zero-order valence-electron chi connectivity index (χ0n) is 16.4. The lowest BCUT2D eigenvalue weighted by atomic mass is 10.0. The number of hydrogen-bond acceptors (Lipinski definition) is 6. The molecule has 2 aromatic rings. The number of ether oxygens (including phenoxy) is 2. The third kappa shape index (κ3) is 4.26. The minimum atomic E-state index is -3.46. The van der Waals surface area contributed by atoms with Gasteiger partial charge in [-0.25, -0.2) is 8.42 Å². The molecule has 4 rings (SSSR count). The number of carbonyl (C=O) groups is 1. The van der Waals surface area contributed by atoms with Crippen LogP contribution in [0.5, 0.6) is 11.5 Å². The standard InChI is InChI=1S/C22H22N2O5S/c23-9-13-30(26,27)15-16-3-5-17(6-4-16)22(25)24-10-1-2-19(24)18-7-8-20-21(14-18)29-12-11-28-20/h3-8,14,19H,1-2,10-13,15H2. The number of fused-ring (bicyclic) bond motifs is 1. The molecule has 1 unspecified atom stereocenters. The van der Waals surface area contributed by atoms with Crippen molar-refractivity contribution in [2.24, 2.45) is 0 Å². The molecular weight excluding hydrogens is 404 g/mol. The van der Waals surface area contributed by atoms with Crippen molar-refractivity contribution in [2.45, 2.75) is 24.6 Å². The molecule has 0 aromatic heterocycles. The van der Waals surface area contributed by atoms with Crippen molar-refractivity contribution in [2.75, 3.05) is 25.5 Å². The molecule has 1 atom stereocenters. The van der Waals surface area contributed by atoms with E-state index in [1.807, 2.05) is 23.1 Å². The lowest BCUT2D eigenvalue weighted by molar-refractivity contribution is 0.0735. The lowest BCUT2D eigenvalue weighted by Crippen LogP contribution is -2.30. The van der Waals surface area contributed by atoms with Crippen molar-refractivity contribution in [3.05, 3.63) is 59.2 Å². The molecule has 8 heteroatoms. The first-order valence-electron chi connectivity index (χ1n) is 9.84. The summed E-state index contributed by atoms with van der Waals surface area (Å²) in [7, 11) is -3.46. The molecule has 0 bridgehead atoms. The first-order chi connectivity index (χ1) is 14.5. The molecule has 0 radical (unpaired) electrons. The van der Waals surface area contributed by atoms with Gasteiger partial charge in [0.25, 0.3) is 5.91 Å². The summed E-state index contributed by atoms with van der Waals surface area (Å²) in [6, 6.07) is 14.0. The van der Waals surface area contributed by atoms with Crippen LogP contribution < -0.4 is 9.47 Å². The van der Waals surface area contributed by atoms with Crippen LogP contribution in [-0.4, -0.2) is 44.7 Å². The van der Waals surface area contributed by atoms with Gasteiger partial charge in [-0.2, -0.15) is 5.26 Å². The van der Waals surface area contributed by atoms with Gasteiger partial charge < -0.3 is 14.4 Å². The summed E-state index contributed by atoms with van der Waals surface area (Å²) in [6.45, 7) is 1.71. The SMILES string of the molecule is N#CCS(=O)(=O)Cc1ccc(C(=O)N2CCCC2c2ccc3c(c2)OCCO3)cc1. The highest BCUT2D eigenvalue weighted by Gasteiger charge is 2.31. The Bertz CT molecular complexity index is 1090. The summed E-state index contributed by atoms with van der Waals surface area (Å²) in [4.78, 5) is 15.0. The number of likely N-dealkylation sites (tertiary alicyclic amines) is 1. The van der Waals surface area contributed by atoms with Crippen LogP contribution in [0.2, 0.25) is 0 Å². The van der Waals surface area contributed by atoms with E-state index in [0.29, 0.717) is 36.6 Å². The predicted molar refractivity (Wildman–Crippen MR) is 110 cm³/mol. The molecule has 0 saturated carbocycles. The number of nitriles is 1. The predicted octanol–water partition coefficient (Wildman–Crippen LogP) is 2.87. The molecule has 7 nitrogen and oxygen atoms in total. The summed E-state index contributed by atoms with van der Waals surface area (Å²) < 4.78 is 34.9. The summed E-state index contributed by atoms with van der Waals surface area (Å²) in [5.74, 6) is 0.625. The number of amides is 1. The van der Waals surface area contributed by atoms with Gasteiger partial charge in [-0.1, -0.05) is 18.2 Å². The number of rotatable bonds is 5. The number of nitrogens with zero attached hydrogens (tertiary/aromatic N) is 2. The summed E-state index contributed by atoms with van der Waals surface area (Å²) in [5, 5.41) is 8.61. The molecule has 1 fully saturated rings. The van der Waals surface area contributed by atoms with Gasteiger partial charge in [-0.3, -0.25) is 4.79 Å². The van der Waals surface area contributed by atoms with E-state index in [2.05, 4.69) is 0 Å². The van der Waals surface area contributed by atoms with Gasteiger partial charge in [-0.05, 0) is 48.2 Å². The van der Waals surface area contributed by atoms with E-state index in [1.165, 1.54) is 0 Å². The van der Waals surface area contributed by atoms with Crippen molar-refractivity contribution in [3.63, 3.8) is 0 Å². The lowest BCUT2D eigenvalue weighted by Gasteiger charge is -2.27. The monoisotopic (exact) mass is 426 g/mol. The van der Waals surface area contributed by atoms with Crippen molar-refractivity contribution >= 4 is 15.7 Å². The molecule has 2 aliphatic heterocycles. The van der Waals surface area contributed by atoms with Crippen LogP contribution in [0, 0.1) is 11.3 Å². The maximum Gasteiger partial charge on any atom is 0.254 e. The van der Waals surface area contributed by atoms with E-state index in [0.717, 1.165) is 24.2 Å². The van der Waals surface area contributed by atoms with E-state index in [-0.39, 0.29) is 17.7 Å². The Morgan fingerprint density at radius 3 is 2.57 bits per heavy atom. The fraction of sp³-hybridized carbons (Fsp3) is 0.364. The highest BCUT2D eigenvalue weighted by atomic mass is 32.2. The van der Waals surface area contributed by atoms with Gasteiger partial charge in [0, 0.05) is 12.1 Å². The Kier molecular flexibility index (Phi) is 5.64. The Hall–Kier alpha value is -3.05. The molecule has 2 aliphatic rings. The zero-order valence-corrected chi connectivity index (χ0v) is 17.2. The molecule has 2 heterocycles. The highest BCUT2D eigenvalue weighted by molar-refractivity contribution is 7.90. The minimum Gasteiger partial charge on any atom is -0.486 e. The van der Waals surface area contributed by atoms with Gasteiger partial charge in [0.15, 0.2) is 21.3 Å². The Balaban J connectivity index is 1.50. The molecule has 1 amide bonds. The Morgan fingerprint density at radius 2 is 1.83 bits per heavy atom. The Labute approximate surface area is 175 Å². The van der Waals surface area contributed by atoms with E-state index >= 15 is 0 Å². The van der Waals surface area contributed by atoms with E-state index in [9.17, 15) is 13.2 Å². The second-order valence-corrected chi connectivity index (χ2v) is 9.51. The van der Waals surface area contributed by atoms with Crippen molar-refractivity contribution in [3.8, 4) is 17.6 Å². The third-order valence-corrected chi connectivity index (χ3v) is 6.68. The largest absolute Gasteiger partial charge is 0.486 e. The van der Waals surface area contributed by atoms with Gasteiger partial charge in [0.1, 0.15) is 19.0 Å². The first kappa shape index (κ1) is 20.2. The van der Waals surface area contributed by atoms with E-state index in [4.69, 9.17) is 14.7 Å². The zero-order chi connectivity index (χ0) is 21.1. The molecular formula is C22H22N2O5S. The Morgan fingerprint density at radius 1 is 1.10 bits per heavy atom. The number of sulfone groups is 1. The van der Waals surface area contributed by atoms with Crippen LogP contribution in [0.25, 0.3) is 0 Å². The molecule has 0 spiro atoms. The summed E-state index contributed by atoms with van der Waals surface area (Å²) in [6.07, 6.45) is 1.78. The highest BCUT2D eigenvalue weighted by Crippen LogP contribution is 2.38. The summed E-state index contributed by atoms with van der Waals surface area (Å²) >= 11 is 0. The van der Waals surface area contributed by atoms with Gasteiger partial charge in [-0.15, -0.1) is 0 Å². The van der Waals surface area contributed by atoms with E-state index in [1.54, 1.807) is 30.3 Å². The first-order valence-corrected chi connectivity index (χ1v) is 11.7. The van der Waals surface area contributed by atoms with Crippen LogP contribution in [-0.2, 0) is 15.6 Å². The van der Waals surface area contributed by atoms with Crippen molar-refractivity contribution in [1.29, 1.82) is 5.26 Å². The smallest absolute Gasteiger partial charge is 0.254 e. The normalized spacial score (nSPS) is 18.1. The van der Waals surface area contributed by atoms with Crippen molar-refractivity contribution < 1.29 is 22.7 Å². The molecule has 156 valence electrons. The summed E-state index contributed by atoms with van der Waals surface area (Å²) in [5.41, 5.74) is 2.09. The van der Waals surface area contributed by atoms with Crippen LogP contribution in [0.15, 0.2) is 42.5 Å².